The number of allylic oxidation sites excluding steroid dienone is 6. The molecule has 0 rings (SSSR count). The molecule has 0 spiro atoms. The highest BCUT2D eigenvalue weighted by Crippen LogP contribution is 2.11. The fourth-order valence-electron chi connectivity index (χ4n) is 0.643. The van der Waals surface area contributed by atoms with Crippen LogP contribution in [0.15, 0.2) is 60.9 Å². The lowest BCUT2D eigenvalue weighted by Crippen LogP contribution is -1.82. The molecule has 0 atom stereocenters. The molecular formula is C11H14O. The Morgan fingerprint density at radius 1 is 1.25 bits per heavy atom. The summed E-state index contributed by atoms with van der Waals surface area (Å²) in [5.41, 5.74) is 1.53. The van der Waals surface area contributed by atoms with Gasteiger partial charge in [-0.2, -0.15) is 0 Å². The molecule has 0 unspecified atom stereocenters. The van der Waals surface area contributed by atoms with Crippen molar-refractivity contribution < 1.29 is 5.11 Å². The molecule has 0 bridgehead atoms. The summed E-state index contributed by atoms with van der Waals surface area (Å²) >= 11 is 0. The van der Waals surface area contributed by atoms with Crippen molar-refractivity contribution in [3.05, 3.63) is 60.9 Å². The van der Waals surface area contributed by atoms with Crippen molar-refractivity contribution in [2.24, 2.45) is 0 Å². The van der Waals surface area contributed by atoms with Gasteiger partial charge in [-0.25, -0.2) is 0 Å². The van der Waals surface area contributed by atoms with Crippen LogP contribution in [0, 0.1) is 0 Å². The Hall–Kier alpha value is -1.50. The third-order valence-electron chi connectivity index (χ3n) is 1.44. The molecule has 0 saturated heterocycles. The zero-order valence-electron chi connectivity index (χ0n) is 7.38. The van der Waals surface area contributed by atoms with Crippen LogP contribution in [0.2, 0.25) is 0 Å². The molecule has 12 heavy (non-hydrogen) atoms. The minimum atomic E-state index is 0.202. The first kappa shape index (κ1) is 10.5. The van der Waals surface area contributed by atoms with Crippen molar-refractivity contribution in [1.82, 2.24) is 0 Å². The Morgan fingerprint density at radius 2 is 1.83 bits per heavy atom. The van der Waals surface area contributed by atoms with Crippen LogP contribution >= 0.6 is 0 Å². The van der Waals surface area contributed by atoms with E-state index in [0.29, 0.717) is 0 Å². The van der Waals surface area contributed by atoms with E-state index in [2.05, 4.69) is 19.7 Å². The molecule has 0 saturated carbocycles. The van der Waals surface area contributed by atoms with Gasteiger partial charge in [0.2, 0.25) is 0 Å². The second-order valence-corrected chi connectivity index (χ2v) is 2.25. The van der Waals surface area contributed by atoms with E-state index >= 15 is 0 Å². The Balaban J connectivity index is 4.77. The predicted molar refractivity (Wildman–Crippen MR) is 54.0 cm³/mol. The fourth-order valence-corrected chi connectivity index (χ4v) is 0.643. The number of hydrogen-bond donors (Lipinski definition) is 1. The van der Waals surface area contributed by atoms with Gasteiger partial charge in [0, 0.05) is 0 Å². The summed E-state index contributed by atoms with van der Waals surface area (Å²) < 4.78 is 0. The van der Waals surface area contributed by atoms with Crippen molar-refractivity contribution >= 4 is 0 Å². The Kier molecular flexibility index (Phi) is 4.54. The molecule has 1 N–H and O–H groups in total. The summed E-state index contributed by atoms with van der Waals surface area (Å²) in [6.07, 6.45) is 6.44. The van der Waals surface area contributed by atoms with Crippen molar-refractivity contribution in [3.8, 4) is 0 Å². The summed E-state index contributed by atoms with van der Waals surface area (Å²) in [7, 11) is 0. The average Bonchev–Trinajstić information content (AvgIpc) is 2.12. The number of aliphatic hydroxyl groups is 1. The molecule has 0 aliphatic rings. The summed E-state index contributed by atoms with van der Waals surface area (Å²) in [4.78, 5) is 0. The zero-order valence-corrected chi connectivity index (χ0v) is 7.38. The van der Waals surface area contributed by atoms with Gasteiger partial charge in [0.25, 0.3) is 0 Å². The van der Waals surface area contributed by atoms with Crippen LogP contribution in [0.3, 0.4) is 0 Å². The Morgan fingerprint density at radius 3 is 2.17 bits per heavy atom. The van der Waals surface area contributed by atoms with E-state index in [1.54, 1.807) is 31.2 Å². The van der Waals surface area contributed by atoms with Gasteiger partial charge in [0.15, 0.2) is 0 Å². The van der Waals surface area contributed by atoms with Crippen LogP contribution in [0.25, 0.3) is 0 Å². The standard InChI is InChI=1S/C11H14O/c1-5-9(4)10(6-2)8-11(12)7-3/h5-8,12H,1-2,4H2,3H3/b10-8-,11-7+. The van der Waals surface area contributed by atoms with Gasteiger partial charge in [-0.15, -0.1) is 0 Å². The second-order valence-electron chi connectivity index (χ2n) is 2.25. The van der Waals surface area contributed by atoms with Gasteiger partial charge < -0.3 is 5.11 Å². The number of rotatable bonds is 4. The maximum absolute atomic E-state index is 9.17. The van der Waals surface area contributed by atoms with Crippen molar-refractivity contribution in [1.29, 1.82) is 0 Å². The SMILES string of the molecule is C=CC(=C)/C(C=C)=C\C(O)=C/C. The van der Waals surface area contributed by atoms with Gasteiger partial charge in [0.05, 0.1) is 0 Å². The molecule has 0 aromatic carbocycles. The van der Waals surface area contributed by atoms with E-state index in [1.165, 1.54) is 0 Å². The van der Waals surface area contributed by atoms with E-state index in [-0.39, 0.29) is 5.76 Å². The first-order chi connectivity index (χ1) is 5.65. The molecule has 0 radical (unpaired) electrons. The second kappa shape index (κ2) is 5.19. The first-order valence-electron chi connectivity index (χ1n) is 3.66. The first-order valence-corrected chi connectivity index (χ1v) is 3.66. The average molecular weight is 162 g/mol. The Labute approximate surface area is 73.7 Å². The number of aliphatic hydroxyl groups excluding tert-OH is 1. The van der Waals surface area contributed by atoms with Crippen LogP contribution in [-0.4, -0.2) is 5.11 Å². The third-order valence-corrected chi connectivity index (χ3v) is 1.44. The van der Waals surface area contributed by atoms with Crippen LogP contribution in [0.5, 0.6) is 0 Å². The molecule has 0 aliphatic carbocycles. The summed E-state index contributed by atoms with van der Waals surface area (Å²) in [6.45, 7) is 12.7. The lowest BCUT2D eigenvalue weighted by Gasteiger charge is -1.99. The topological polar surface area (TPSA) is 20.2 Å². The maximum atomic E-state index is 9.17. The summed E-state index contributed by atoms with van der Waals surface area (Å²) in [6, 6.07) is 0. The van der Waals surface area contributed by atoms with Crippen LogP contribution < -0.4 is 0 Å². The summed E-state index contributed by atoms with van der Waals surface area (Å²) in [5, 5.41) is 9.17. The van der Waals surface area contributed by atoms with E-state index in [9.17, 15) is 0 Å². The van der Waals surface area contributed by atoms with Crippen molar-refractivity contribution in [2.75, 3.05) is 0 Å². The van der Waals surface area contributed by atoms with Gasteiger partial charge >= 0.3 is 0 Å². The molecule has 0 aromatic heterocycles. The smallest absolute Gasteiger partial charge is 0.111 e. The highest BCUT2D eigenvalue weighted by molar-refractivity contribution is 5.45. The lowest BCUT2D eigenvalue weighted by molar-refractivity contribution is 0.431. The molecule has 0 fully saturated rings. The molecule has 1 heteroatoms. The third kappa shape index (κ3) is 3.06. The Bertz CT molecular complexity index is 254. The monoisotopic (exact) mass is 162 g/mol. The molecule has 1 nitrogen and oxygen atoms in total. The highest BCUT2D eigenvalue weighted by atomic mass is 16.3. The number of hydrogen-bond acceptors (Lipinski definition) is 1. The molecule has 0 amide bonds. The summed E-state index contributed by atoms with van der Waals surface area (Å²) in [5.74, 6) is 0.202. The van der Waals surface area contributed by atoms with Crippen LogP contribution in [-0.2, 0) is 0 Å². The van der Waals surface area contributed by atoms with Crippen molar-refractivity contribution in [3.63, 3.8) is 0 Å². The van der Waals surface area contributed by atoms with E-state index in [0.717, 1.165) is 11.1 Å². The van der Waals surface area contributed by atoms with Gasteiger partial charge in [-0.3, -0.25) is 0 Å². The quantitative estimate of drug-likeness (QED) is 0.496. The molecule has 0 aliphatic heterocycles. The van der Waals surface area contributed by atoms with E-state index < -0.39 is 0 Å². The van der Waals surface area contributed by atoms with E-state index in [4.69, 9.17) is 5.11 Å². The van der Waals surface area contributed by atoms with Crippen LogP contribution in [0.1, 0.15) is 6.92 Å². The molecule has 0 aromatic rings. The predicted octanol–water partition coefficient (Wildman–Crippen LogP) is 3.30. The van der Waals surface area contributed by atoms with E-state index in [1.807, 2.05) is 0 Å². The minimum Gasteiger partial charge on any atom is -0.508 e. The van der Waals surface area contributed by atoms with Gasteiger partial charge in [-0.05, 0) is 30.2 Å². The molecule has 0 heterocycles. The van der Waals surface area contributed by atoms with Gasteiger partial charge in [-0.1, -0.05) is 31.9 Å². The normalized spacial score (nSPS) is 12.4. The highest BCUT2D eigenvalue weighted by Gasteiger charge is 1.94. The lowest BCUT2D eigenvalue weighted by atomic mass is 10.1. The molecular weight excluding hydrogens is 148 g/mol. The molecule has 64 valence electrons. The van der Waals surface area contributed by atoms with Crippen molar-refractivity contribution in [2.45, 2.75) is 6.92 Å². The maximum Gasteiger partial charge on any atom is 0.111 e. The van der Waals surface area contributed by atoms with Gasteiger partial charge in [0.1, 0.15) is 5.76 Å². The zero-order chi connectivity index (χ0) is 9.56. The largest absolute Gasteiger partial charge is 0.508 e. The minimum absolute atomic E-state index is 0.202. The van der Waals surface area contributed by atoms with Crippen LogP contribution in [0.4, 0.5) is 0 Å². The fraction of sp³-hybridized carbons (Fsp3) is 0.0909.